The molecule has 0 spiro atoms. The minimum Gasteiger partial charge on any atom is -0.380 e. The molecule has 2 aromatic rings. The van der Waals surface area contributed by atoms with E-state index in [0.717, 1.165) is 42.8 Å². The van der Waals surface area contributed by atoms with Crippen molar-refractivity contribution in [2.45, 2.75) is 25.4 Å². The van der Waals surface area contributed by atoms with Crippen molar-refractivity contribution in [3.8, 4) is 0 Å². The second-order valence-corrected chi connectivity index (χ2v) is 7.09. The third-order valence-electron chi connectivity index (χ3n) is 4.08. The molecule has 4 nitrogen and oxygen atoms in total. The van der Waals surface area contributed by atoms with E-state index in [2.05, 4.69) is 14.0 Å². The van der Waals surface area contributed by atoms with Crippen molar-refractivity contribution in [3.63, 3.8) is 0 Å². The summed E-state index contributed by atoms with van der Waals surface area (Å²) in [5.41, 5.74) is 3.25. The fourth-order valence-electron chi connectivity index (χ4n) is 2.99. The third-order valence-corrected chi connectivity index (χ3v) is 5.63. The van der Waals surface area contributed by atoms with Crippen molar-refractivity contribution >= 4 is 51.9 Å². The van der Waals surface area contributed by atoms with E-state index >= 15 is 0 Å². The van der Waals surface area contributed by atoms with E-state index in [0.29, 0.717) is 16.1 Å². The average molecular weight is 344 g/mol. The lowest BCUT2D eigenvalue weighted by Crippen LogP contribution is -2.38. The largest absolute Gasteiger partial charge is 0.380 e. The lowest BCUT2D eigenvalue weighted by Gasteiger charge is -2.36. The maximum Gasteiger partial charge on any atom is 0.0742 e. The summed E-state index contributed by atoms with van der Waals surface area (Å²) >= 11 is 14.2. The van der Waals surface area contributed by atoms with Crippen LogP contribution < -0.4 is 4.72 Å². The quantitative estimate of drug-likeness (QED) is 0.750. The number of anilines is 1. The summed E-state index contributed by atoms with van der Waals surface area (Å²) in [7, 11) is 0. The highest BCUT2D eigenvalue weighted by molar-refractivity contribution is 7.98. The number of H-pyrrole nitrogens is 1. The molecule has 3 heterocycles. The standard InChI is InChI=1S/C14H15Cl2N3OS/c15-10-4-8-6-19(9-2-1-3-20-7-9)21-18-13(8)14-12(10)11(16)5-17-14/h4-5,9,17-18H,1-3,6-7H2. The van der Waals surface area contributed by atoms with E-state index in [-0.39, 0.29) is 0 Å². The van der Waals surface area contributed by atoms with Crippen molar-refractivity contribution in [1.29, 1.82) is 0 Å². The van der Waals surface area contributed by atoms with E-state index < -0.39 is 0 Å². The molecule has 2 N–H and O–H groups in total. The highest BCUT2D eigenvalue weighted by atomic mass is 35.5. The van der Waals surface area contributed by atoms with Gasteiger partial charge in [-0.25, -0.2) is 4.31 Å². The zero-order valence-electron chi connectivity index (χ0n) is 11.3. The van der Waals surface area contributed by atoms with Gasteiger partial charge in [-0.05, 0) is 24.5 Å². The van der Waals surface area contributed by atoms with Crippen molar-refractivity contribution in [2.24, 2.45) is 0 Å². The molecule has 21 heavy (non-hydrogen) atoms. The van der Waals surface area contributed by atoms with Gasteiger partial charge in [0.1, 0.15) is 0 Å². The molecule has 0 amide bonds. The summed E-state index contributed by atoms with van der Waals surface area (Å²) in [4.78, 5) is 3.22. The van der Waals surface area contributed by atoms with Gasteiger partial charge in [0.05, 0.1) is 27.9 Å². The van der Waals surface area contributed by atoms with Crippen LogP contribution in [0.1, 0.15) is 18.4 Å². The minimum atomic E-state index is 0.450. The minimum absolute atomic E-state index is 0.450. The molecule has 1 aromatic carbocycles. The maximum atomic E-state index is 6.39. The number of nitrogens with one attached hydrogen (secondary N) is 2. The molecular weight excluding hydrogens is 329 g/mol. The first-order chi connectivity index (χ1) is 10.2. The fourth-order valence-corrected chi connectivity index (χ4v) is 4.58. The Kier molecular flexibility index (Phi) is 3.71. The molecular formula is C14H15Cl2N3OS. The van der Waals surface area contributed by atoms with Gasteiger partial charge in [0, 0.05) is 42.9 Å². The lowest BCUT2D eigenvalue weighted by molar-refractivity contribution is 0.0468. The predicted octanol–water partition coefficient (Wildman–Crippen LogP) is 4.44. The first kappa shape index (κ1) is 14.0. The van der Waals surface area contributed by atoms with Crippen LogP contribution in [-0.4, -0.2) is 28.5 Å². The van der Waals surface area contributed by atoms with Crippen LogP contribution >= 0.6 is 35.3 Å². The number of aromatic amines is 1. The van der Waals surface area contributed by atoms with Crippen LogP contribution in [0.3, 0.4) is 0 Å². The molecule has 1 saturated heterocycles. The van der Waals surface area contributed by atoms with E-state index in [4.69, 9.17) is 27.9 Å². The summed E-state index contributed by atoms with van der Waals surface area (Å²) < 4.78 is 11.4. The first-order valence-electron chi connectivity index (χ1n) is 6.99. The molecule has 2 aliphatic heterocycles. The number of hydrogen-bond donors (Lipinski definition) is 2. The van der Waals surface area contributed by atoms with Gasteiger partial charge in [0.2, 0.25) is 0 Å². The monoisotopic (exact) mass is 343 g/mol. The third kappa shape index (κ3) is 2.41. The van der Waals surface area contributed by atoms with Gasteiger partial charge in [-0.1, -0.05) is 23.2 Å². The van der Waals surface area contributed by atoms with Gasteiger partial charge in [0.25, 0.3) is 0 Å². The molecule has 1 fully saturated rings. The molecule has 0 aliphatic carbocycles. The maximum absolute atomic E-state index is 6.39. The summed E-state index contributed by atoms with van der Waals surface area (Å²) in [6, 6.07) is 2.47. The number of fused-ring (bicyclic) bond motifs is 3. The van der Waals surface area contributed by atoms with E-state index in [1.54, 1.807) is 18.3 Å². The SMILES string of the molecule is Clc1c[nH]c2c3c(cc(Cl)c12)CN(C1CCCOC1)SN3. The van der Waals surface area contributed by atoms with Gasteiger partial charge in [-0.2, -0.15) is 0 Å². The van der Waals surface area contributed by atoms with E-state index in [1.807, 2.05) is 6.07 Å². The molecule has 7 heteroatoms. The van der Waals surface area contributed by atoms with E-state index in [1.165, 1.54) is 12.0 Å². The van der Waals surface area contributed by atoms with Gasteiger partial charge < -0.3 is 14.4 Å². The highest BCUT2D eigenvalue weighted by Gasteiger charge is 2.28. The number of rotatable bonds is 1. The Morgan fingerprint density at radius 3 is 3.05 bits per heavy atom. The van der Waals surface area contributed by atoms with Gasteiger partial charge in [-0.3, -0.25) is 0 Å². The molecule has 112 valence electrons. The van der Waals surface area contributed by atoms with Crippen LogP contribution in [0.15, 0.2) is 12.3 Å². The predicted molar refractivity (Wildman–Crippen MR) is 88.9 cm³/mol. The first-order valence-corrected chi connectivity index (χ1v) is 8.52. The van der Waals surface area contributed by atoms with Crippen LogP contribution in [0, 0.1) is 0 Å². The highest BCUT2D eigenvalue weighted by Crippen LogP contribution is 2.42. The number of benzene rings is 1. The van der Waals surface area contributed by atoms with Crippen molar-refractivity contribution in [3.05, 3.63) is 27.9 Å². The Morgan fingerprint density at radius 2 is 2.24 bits per heavy atom. The number of nitrogens with zero attached hydrogens (tertiary/aromatic N) is 1. The summed E-state index contributed by atoms with van der Waals surface area (Å²) in [5.74, 6) is 0. The second kappa shape index (κ2) is 5.56. The van der Waals surface area contributed by atoms with Crippen LogP contribution in [-0.2, 0) is 11.3 Å². The van der Waals surface area contributed by atoms with E-state index in [9.17, 15) is 0 Å². The zero-order valence-corrected chi connectivity index (χ0v) is 13.6. The summed E-state index contributed by atoms with van der Waals surface area (Å²) in [5, 5.41) is 2.25. The van der Waals surface area contributed by atoms with Crippen LogP contribution in [0.4, 0.5) is 5.69 Å². The molecule has 0 saturated carbocycles. The molecule has 0 bridgehead atoms. The molecule has 4 rings (SSSR count). The Bertz CT molecular complexity index is 684. The van der Waals surface area contributed by atoms with Crippen LogP contribution in [0.25, 0.3) is 10.9 Å². The number of hydrogen-bond acceptors (Lipinski definition) is 4. The number of halogens is 2. The Labute approximate surface area is 137 Å². The molecule has 0 radical (unpaired) electrons. The molecule has 1 aromatic heterocycles. The zero-order chi connectivity index (χ0) is 14.4. The number of aromatic nitrogens is 1. The van der Waals surface area contributed by atoms with Crippen molar-refractivity contribution < 1.29 is 4.74 Å². The Hall–Kier alpha value is -0.590. The van der Waals surface area contributed by atoms with Crippen molar-refractivity contribution in [2.75, 3.05) is 17.9 Å². The number of ether oxygens (including phenoxy) is 1. The Morgan fingerprint density at radius 1 is 1.33 bits per heavy atom. The molecule has 1 unspecified atom stereocenters. The van der Waals surface area contributed by atoms with Crippen LogP contribution in [0.2, 0.25) is 10.0 Å². The summed E-state index contributed by atoms with van der Waals surface area (Å²) in [6.45, 7) is 2.54. The average Bonchev–Trinajstić information content (AvgIpc) is 2.90. The molecule has 1 atom stereocenters. The molecule has 2 aliphatic rings. The fraction of sp³-hybridized carbons (Fsp3) is 0.429. The Balaban J connectivity index is 1.69. The van der Waals surface area contributed by atoms with Gasteiger partial charge in [0.15, 0.2) is 0 Å². The van der Waals surface area contributed by atoms with Crippen LogP contribution in [0.5, 0.6) is 0 Å². The summed E-state index contributed by atoms with van der Waals surface area (Å²) in [6.07, 6.45) is 4.08. The second-order valence-electron chi connectivity index (χ2n) is 5.42. The lowest BCUT2D eigenvalue weighted by atomic mass is 10.1. The normalized spacial score (nSPS) is 23.0. The van der Waals surface area contributed by atoms with Gasteiger partial charge in [-0.15, -0.1) is 0 Å². The smallest absolute Gasteiger partial charge is 0.0742 e. The topological polar surface area (TPSA) is 40.3 Å². The van der Waals surface area contributed by atoms with Crippen molar-refractivity contribution in [1.82, 2.24) is 9.29 Å². The van der Waals surface area contributed by atoms with Gasteiger partial charge >= 0.3 is 0 Å².